The zero-order chi connectivity index (χ0) is 20.6. The molecule has 0 spiro atoms. The Balaban J connectivity index is 2.75. The zero-order valence-electron chi connectivity index (χ0n) is 16.9. The number of nitrogens with one attached hydrogen (secondary N) is 1. The van der Waals surface area contributed by atoms with Crippen LogP contribution in [0.15, 0.2) is 18.3 Å². The van der Waals surface area contributed by atoms with E-state index in [-0.39, 0.29) is 36.6 Å². The lowest BCUT2D eigenvalue weighted by Crippen LogP contribution is -2.44. The smallest absolute Gasteiger partial charge is 0.237 e. The molecule has 7 heteroatoms. The van der Waals surface area contributed by atoms with Gasteiger partial charge in [0.15, 0.2) is 5.78 Å². The van der Waals surface area contributed by atoms with Gasteiger partial charge in [0.2, 0.25) is 5.91 Å². The highest BCUT2D eigenvalue weighted by atomic mass is 16.2. The van der Waals surface area contributed by atoms with Crippen LogP contribution in [0.1, 0.15) is 63.0 Å². The summed E-state index contributed by atoms with van der Waals surface area (Å²) >= 11 is 0. The number of nitrogens with two attached hydrogens (primary N) is 3. The summed E-state index contributed by atoms with van der Waals surface area (Å²) in [5.74, 6) is 0.129. The van der Waals surface area contributed by atoms with E-state index in [1.165, 1.54) is 0 Å². The van der Waals surface area contributed by atoms with Crippen molar-refractivity contribution >= 4 is 11.7 Å². The van der Waals surface area contributed by atoms with E-state index in [0.29, 0.717) is 17.2 Å². The molecule has 1 heterocycles. The van der Waals surface area contributed by atoms with Crippen molar-refractivity contribution in [2.24, 2.45) is 29.0 Å². The van der Waals surface area contributed by atoms with Crippen LogP contribution >= 0.6 is 0 Å². The van der Waals surface area contributed by atoms with Gasteiger partial charge in [-0.1, -0.05) is 34.1 Å². The molecule has 0 bridgehead atoms. The number of carbonyl (C=O) groups excluding carboxylic acids is 2. The van der Waals surface area contributed by atoms with Crippen molar-refractivity contribution in [2.75, 3.05) is 0 Å². The van der Waals surface area contributed by atoms with E-state index in [1.807, 2.05) is 13.8 Å². The number of nitrogens with zero attached hydrogens (tertiary/aromatic N) is 1. The number of amides is 1. The van der Waals surface area contributed by atoms with E-state index in [4.69, 9.17) is 17.2 Å². The normalized spacial score (nSPS) is 15.9. The average molecular weight is 378 g/mol. The minimum Gasteiger partial charge on any atom is -0.349 e. The van der Waals surface area contributed by atoms with Crippen LogP contribution < -0.4 is 22.5 Å². The maximum atomic E-state index is 12.7. The maximum absolute atomic E-state index is 12.7. The first kappa shape index (κ1) is 23.2. The first-order chi connectivity index (χ1) is 12.7. The molecule has 0 aromatic carbocycles. The van der Waals surface area contributed by atoms with Gasteiger partial charge in [-0.3, -0.25) is 14.6 Å². The van der Waals surface area contributed by atoms with Crippen molar-refractivity contribution in [3.05, 3.63) is 29.6 Å². The Bertz CT molecular complexity index is 620. The summed E-state index contributed by atoms with van der Waals surface area (Å²) in [5.41, 5.74) is 19.1. The Hall–Kier alpha value is -1.83. The van der Waals surface area contributed by atoms with E-state index in [0.717, 1.165) is 12.8 Å². The van der Waals surface area contributed by atoms with Crippen molar-refractivity contribution in [1.29, 1.82) is 0 Å². The monoisotopic (exact) mass is 377 g/mol. The van der Waals surface area contributed by atoms with Crippen LogP contribution in [0.3, 0.4) is 0 Å². The van der Waals surface area contributed by atoms with Gasteiger partial charge in [-0.05, 0) is 30.4 Å². The van der Waals surface area contributed by atoms with Crippen LogP contribution in [0.5, 0.6) is 0 Å². The number of ketones is 1. The van der Waals surface area contributed by atoms with E-state index in [2.05, 4.69) is 24.1 Å². The fourth-order valence-corrected chi connectivity index (χ4v) is 2.83. The highest BCUT2D eigenvalue weighted by Crippen LogP contribution is 2.13. The molecule has 1 aromatic heterocycles. The minimum atomic E-state index is -0.583. The largest absolute Gasteiger partial charge is 0.349 e. The van der Waals surface area contributed by atoms with Gasteiger partial charge in [0.1, 0.15) is 0 Å². The van der Waals surface area contributed by atoms with Gasteiger partial charge in [0.25, 0.3) is 0 Å². The van der Waals surface area contributed by atoms with Crippen molar-refractivity contribution in [3.8, 4) is 0 Å². The number of carbonyl (C=O) groups is 2. The first-order valence-corrected chi connectivity index (χ1v) is 9.68. The molecule has 0 aliphatic rings. The summed E-state index contributed by atoms with van der Waals surface area (Å²) < 4.78 is 0. The molecular weight excluding hydrogens is 342 g/mol. The highest BCUT2D eigenvalue weighted by Gasteiger charge is 2.22. The molecule has 0 fully saturated rings. The molecule has 0 aliphatic heterocycles. The van der Waals surface area contributed by atoms with Crippen LogP contribution in [-0.2, 0) is 11.3 Å². The van der Waals surface area contributed by atoms with Gasteiger partial charge in [-0.15, -0.1) is 0 Å². The first-order valence-electron chi connectivity index (χ1n) is 9.68. The number of hydrogen-bond donors (Lipinski definition) is 4. The molecule has 1 rings (SSSR count). The van der Waals surface area contributed by atoms with E-state index in [1.54, 1.807) is 18.3 Å². The quantitative estimate of drug-likeness (QED) is 0.430. The summed E-state index contributed by atoms with van der Waals surface area (Å²) in [6, 6.07) is 2.17. The van der Waals surface area contributed by atoms with Crippen molar-refractivity contribution in [3.63, 3.8) is 0 Å². The Morgan fingerprint density at radius 3 is 2.41 bits per heavy atom. The average Bonchev–Trinajstić information content (AvgIpc) is 2.64. The summed E-state index contributed by atoms with van der Waals surface area (Å²) in [6.07, 6.45) is 3.32. The van der Waals surface area contributed by atoms with Gasteiger partial charge < -0.3 is 22.5 Å². The minimum absolute atomic E-state index is 0.0790. The molecule has 7 N–H and O–H groups in total. The number of pyridine rings is 1. The molecule has 152 valence electrons. The van der Waals surface area contributed by atoms with Gasteiger partial charge in [-0.25, -0.2) is 0 Å². The van der Waals surface area contributed by atoms with Gasteiger partial charge >= 0.3 is 0 Å². The fourth-order valence-electron chi connectivity index (χ4n) is 2.83. The molecule has 0 saturated heterocycles. The summed E-state index contributed by atoms with van der Waals surface area (Å²) in [5, 5.41) is 2.78. The predicted molar refractivity (Wildman–Crippen MR) is 108 cm³/mol. The third-order valence-electron chi connectivity index (χ3n) is 4.90. The van der Waals surface area contributed by atoms with E-state index < -0.39 is 12.1 Å². The van der Waals surface area contributed by atoms with Crippen molar-refractivity contribution in [2.45, 2.75) is 71.6 Å². The lowest BCUT2D eigenvalue weighted by molar-refractivity contribution is -0.123. The van der Waals surface area contributed by atoms with Crippen LogP contribution in [0.4, 0.5) is 0 Å². The molecule has 27 heavy (non-hydrogen) atoms. The van der Waals surface area contributed by atoms with Crippen LogP contribution in [-0.4, -0.2) is 34.8 Å². The lowest BCUT2D eigenvalue weighted by Gasteiger charge is -2.21. The molecule has 1 unspecified atom stereocenters. The van der Waals surface area contributed by atoms with Gasteiger partial charge in [0, 0.05) is 30.3 Å². The second-order valence-electron chi connectivity index (χ2n) is 7.71. The molecule has 4 atom stereocenters. The van der Waals surface area contributed by atoms with Gasteiger partial charge in [-0.2, -0.15) is 0 Å². The van der Waals surface area contributed by atoms with E-state index in [9.17, 15) is 9.59 Å². The Labute approximate surface area is 162 Å². The Morgan fingerprint density at radius 2 is 1.81 bits per heavy atom. The number of hydrogen-bond acceptors (Lipinski definition) is 6. The third-order valence-corrected chi connectivity index (χ3v) is 4.90. The van der Waals surface area contributed by atoms with Crippen LogP contribution in [0, 0.1) is 11.8 Å². The molecule has 7 nitrogen and oxygen atoms in total. The molecule has 1 amide bonds. The topological polar surface area (TPSA) is 137 Å². The molecule has 0 saturated carbocycles. The van der Waals surface area contributed by atoms with Crippen LogP contribution in [0.2, 0.25) is 0 Å². The zero-order valence-corrected chi connectivity index (χ0v) is 16.9. The van der Waals surface area contributed by atoms with Crippen molar-refractivity contribution in [1.82, 2.24) is 10.3 Å². The maximum Gasteiger partial charge on any atom is 0.237 e. The Kier molecular flexibility index (Phi) is 9.55. The molecule has 1 aromatic rings. The Morgan fingerprint density at radius 1 is 1.15 bits per heavy atom. The SMILES string of the molecule is CC[C@H](C)[C@H](N)C(=O)NCc1ncccc1C(=O)CC(N)[C@@H](N)CC(C)C. The summed E-state index contributed by atoms with van der Waals surface area (Å²) in [6.45, 7) is 8.21. The van der Waals surface area contributed by atoms with Crippen molar-refractivity contribution < 1.29 is 9.59 Å². The van der Waals surface area contributed by atoms with Gasteiger partial charge in [0.05, 0.1) is 18.3 Å². The lowest BCUT2D eigenvalue weighted by atomic mass is 9.93. The second kappa shape index (κ2) is 11.1. The number of Topliss-reactive ketones (excluding diaryl/α,β-unsaturated/α-hetero) is 1. The number of rotatable bonds is 11. The summed E-state index contributed by atoms with van der Waals surface area (Å²) in [4.78, 5) is 29.1. The molecule has 0 radical (unpaired) electrons. The number of aromatic nitrogens is 1. The second-order valence-corrected chi connectivity index (χ2v) is 7.71. The fraction of sp³-hybridized carbons (Fsp3) is 0.650. The standard InChI is InChI=1S/C20H35N5O2/c1-5-13(4)19(23)20(27)25-11-17-14(7-6-8-24-17)18(26)10-16(22)15(21)9-12(2)3/h6-8,12-13,15-16,19H,5,9-11,21-23H2,1-4H3,(H,25,27)/t13-,15-,16?,19-/m0/s1. The highest BCUT2D eigenvalue weighted by molar-refractivity contribution is 5.97. The van der Waals surface area contributed by atoms with Crippen LogP contribution in [0.25, 0.3) is 0 Å². The van der Waals surface area contributed by atoms with E-state index >= 15 is 0 Å². The summed E-state index contributed by atoms with van der Waals surface area (Å²) in [7, 11) is 0. The molecular formula is C20H35N5O2. The third kappa shape index (κ3) is 7.36. The molecule has 0 aliphatic carbocycles. The predicted octanol–water partition coefficient (Wildman–Crippen LogP) is 1.34.